The largest absolute Gasteiger partial charge is 0.481 e. The third kappa shape index (κ3) is 8.55. The molecule has 0 aliphatic heterocycles. The smallest absolute Gasteiger partial charge is 0.304 e. The van der Waals surface area contributed by atoms with Gasteiger partial charge in [-0.05, 0) is 6.42 Å². The van der Waals surface area contributed by atoms with E-state index < -0.39 is 16.0 Å². The van der Waals surface area contributed by atoms with Gasteiger partial charge in [-0.25, -0.2) is 8.42 Å². The Morgan fingerprint density at radius 1 is 1.26 bits per heavy atom. The number of rotatable bonds is 10. The summed E-state index contributed by atoms with van der Waals surface area (Å²) < 4.78 is 25.1. The van der Waals surface area contributed by atoms with E-state index in [9.17, 15) is 18.0 Å². The number of sulfonamides is 1. The van der Waals surface area contributed by atoms with Crippen molar-refractivity contribution in [2.75, 3.05) is 25.4 Å². The monoisotopic (exact) mass is 294 g/mol. The number of carboxylic acids is 1. The number of hydrogen-bond acceptors (Lipinski definition) is 4. The number of aliphatic carboxylic acids is 1. The van der Waals surface area contributed by atoms with Gasteiger partial charge in [-0.15, -0.1) is 0 Å². The minimum absolute atomic E-state index is 0.00317. The van der Waals surface area contributed by atoms with Crippen molar-refractivity contribution in [2.45, 2.75) is 33.1 Å². The molecular weight excluding hydrogens is 272 g/mol. The first-order valence-electron chi connectivity index (χ1n) is 6.23. The first kappa shape index (κ1) is 17.8. The second kappa shape index (κ2) is 8.87. The number of nitrogens with zero attached hydrogens (tertiary/aromatic N) is 1. The maximum absolute atomic E-state index is 12.0. The number of nitrogens with one attached hydrogen (secondary N) is 1. The van der Waals surface area contributed by atoms with Crippen molar-refractivity contribution in [3.05, 3.63) is 0 Å². The summed E-state index contributed by atoms with van der Waals surface area (Å²) in [5.41, 5.74) is 0. The highest BCUT2D eigenvalue weighted by molar-refractivity contribution is 7.89. The lowest BCUT2D eigenvalue weighted by Gasteiger charge is -2.21. The third-order valence-electron chi connectivity index (χ3n) is 2.46. The van der Waals surface area contributed by atoms with Crippen LogP contribution in [0.4, 0.5) is 0 Å². The molecule has 2 N–H and O–H groups in total. The number of hydrogen-bond donors (Lipinski definition) is 2. The lowest BCUT2D eigenvalue weighted by atomic mass is 10.4. The Morgan fingerprint density at radius 3 is 2.37 bits per heavy atom. The molecule has 0 aromatic rings. The van der Waals surface area contributed by atoms with Gasteiger partial charge in [0.1, 0.15) is 0 Å². The molecular formula is C11H22N2O5S. The highest BCUT2D eigenvalue weighted by Gasteiger charge is 2.21. The van der Waals surface area contributed by atoms with Gasteiger partial charge in [-0.2, -0.15) is 4.31 Å². The minimum atomic E-state index is -3.46. The summed E-state index contributed by atoms with van der Waals surface area (Å²) >= 11 is 0. The number of carbonyl (C=O) groups excluding carboxylic acids is 1. The molecule has 0 aliphatic carbocycles. The van der Waals surface area contributed by atoms with Crippen LogP contribution in [0.1, 0.15) is 33.1 Å². The van der Waals surface area contributed by atoms with Crippen molar-refractivity contribution in [3.8, 4) is 0 Å². The van der Waals surface area contributed by atoms with Gasteiger partial charge < -0.3 is 10.4 Å². The average Bonchev–Trinajstić information content (AvgIpc) is 2.30. The van der Waals surface area contributed by atoms with E-state index in [0.717, 1.165) is 10.7 Å². The van der Waals surface area contributed by atoms with Crippen LogP contribution in [0.5, 0.6) is 0 Å². The topological polar surface area (TPSA) is 104 Å². The van der Waals surface area contributed by atoms with E-state index in [1.54, 1.807) is 0 Å². The summed E-state index contributed by atoms with van der Waals surface area (Å²) in [4.78, 5) is 21.3. The molecule has 0 fully saturated rings. The van der Waals surface area contributed by atoms with E-state index in [1.165, 1.54) is 6.92 Å². The van der Waals surface area contributed by atoms with Crippen LogP contribution in [0.25, 0.3) is 0 Å². The van der Waals surface area contributed by atoms with Crippen LogP contribution in [0.15, 0.2) is 0 Å². The predicted octanol–water partition coefficient (Wildman–Crippen LogP) is 0.0291. The molecule has 0 radical (unpaired) electrons. The van der Waals surface area contributed by atoms with Crippen molar-refractivity contribution in [3.63, 3.8) is 0 Å². The van der Waals surface area contributed by atoms with Crippen molar-refractivity contribution in [1.29, 1.82) is 0 Å². The molecule has 0 saturated heterocycles. The van der Waals surface area contributed by atoms with E-state index in [0.29, 0.717) is 6.42 Å². The standard InChI is InChI=1S/C11H22N2O5S/c1-3-4-9-19(17,18)13(7-5-11(15)16)8-6-12-10(2)14/h3-9H2,1-2H3,(H,12,14)(H,15,16). The summed E-state index contributed by atoms with van der Waals surface area (Å²) in [5.74, 6) is -1.29. The van der Waals surface area contributed by atoms with Crippen molar-refractivity contribution >= 4 is 21.9 Å². The molecule has 112 valence electrons. The van der Waals surface area contributed by atoms with Gasteiger partial charge in [-0.1, -0.05) is 13.3 Å². The van der Waals surface area contributed by atoms with Gasteiger partial charge in [0.15, 0.2) is 0 Å². The van der Waals surface area contributed by atoms with Crippen LogP contribution in [-0.2, 0) is 19.6 Å². The molecule has 0 rings (SSSR count). The molecule has 0 aromatic carbocycles. The van der Waals surface area contributed by atoms with E-state index in [2.05, 4.69) is 5.32 Å². The van der Waals surface area contributed by atoms with Crippen LogP contribution >= 0.6 is 0 Å². The lowest BCUT2D eigenvalue weighted by Crippen LogP contribution is -2.40. The van der Waals surface area contributed by atoms with Gasteiger partial charge >= 0.3 is 5.97 Å². The molecule has 0 bridgehead atoms. The highest BCUT2D eigenvalue weighted by atomic mass is 32.2. The zero-order chi connectivity index (χ0) is 14.9. The molecule has 0 saturated carbocycles. The summed E-state index contributed by atoms with van der Waals surface area (Å²) in [6, 6.07) is 0. The summed E-state index contributed by atoms with van der Waals surface area (Å²) in [5, 5.41) is 11.1. The molecule has 0 aliphatic rings. The van der Waals surface area contributed by atoms with E-state index in [-0.39, 0.29) is 37.7 Å². The molecule has 19 heavy (non-hydrogen) atoms. The Bertz CT molecular complexity index is 394. The first-order valence-corrected chi connectivity index (χ1v) is 7.84. The minimum Gasteiger partial charge on any atom is -0.481 e. The quantitative estimate of drug-likeness (QED) is 0.591. The fraction of sp³-hybridized carbons (Fsp3) is 0.818. The molecule has 0 spiro atoms. The van der Waals surface area contributed by atoms with E-state index >= 15 is 0 Å². The van der Waals surface area contributed by atoms with Crippen LogP contribution in [0.3, 0.4) is 0 Å². The molecule has 0 unspecified atom stereocenters. The third-order valence-corrected chi connectivity index (χ3v) is 4.42. The number of carbonyl (C=O) groups is 2. The molecule has 1 amide bonds. The van der Waals surface area contributed by atoms with E-state index in [1.807, 2.05) is 6.92 Å². The van der Waals surface area contributed by atoms with Gasteiger partial charge in [0.05, 0.1) is 12.2 Å². The van der Waals surface area contributed by atoms with Gasteiger partial charge in [-0.3, -0.25) is 9.59 Å². The highest BCUT2D eigenvalue weighted by Crippen LogP contribution is 2.05. The van der Waals surface area contributed by atoms with Crippen molar-refractivity contribution < 1.29 is 23.1 Å². The fourth-order valence-corrected chi connectivity index (χ4v) is 3.07. The van der Waals surface area contributed by atoms with Crippen LogP contribution in [0.2, 0.25) is 0 Å². The Morgan fingerprint density at radius 2 is 1.89 bits per heavy atom. The van der Waals surface area contributed by atoms with Crippen molar-refractivity contribution in [2.24, 2.45) is 0 Å². The second-order valence-corrected chi connectivity index (χ2v) is 6.28. The summed E-state index contributed by atoms with van der Waals surface area (Å²) in [6.45, 7) is 3.43. The molecule has 7 nitrogen and oxygen atoms in total. The summed E-state index contributed by atoms with van der Waals surface area (Å²) in [7, 11) is -3.46. The maximum Gasteiger partial charge on any atom is 0.304 e. The Hall–Kier alpha value is -1.15. The fourth-order valence-electron chi connectivity index (χ4n) is 1.42. The zero-order valence-corrected chi connectivity index (χ0v) is 12.2. The predicted molar refractivity (Wildman–Crippen MR) is 71.2 cm³/mol. The van der Waals surface area contributed by atoms with Gasteiger partial charge in [0, 0.05) is 26.6 Å². The van der Waals surface area contributed by atoms with Gasteiger partial charge in [0.2, 0.25) is 15.9 Å². The number of unbranched alkanes of at least 4 members (excludes halogenated alkanes) is 1. The molecule has 0 aromatic heterocycles. The lowest BCUT2D eigenvalue weighted by molar-refractivity contribution is -0.137. The Kier molecular flexibility index (Phi) is 8.33. The summed E-state index contributed by atoms with van der Waals surface area (Å²) in [6.07, 6.45) is 1.04. The Labute approximate surface area is 114 Å². The second-order valence-electron chi connectivity index (χ2n) is 4.20. The average molecular weight is 294 g/mol. The molecule has 8 heteroatoms. The Balaban J connectivity index is 4.54. The maximum atomic E-state index is 12.0. The first-order chi connectivity index (χ1) is 8.79. The van der Waals surface area contributed by atoms with Crippen LogP contribution in [0, 0.1) is 0 Å². The molecule has 0 atom stereocenters. The van der Waals surface area contributed by atoms with Gasteiger partial charge in [0.25, 0.3) is 0 Å². The van der Waals surface area contributed by atoms with Crippen LogP contribution in [-0.4, -0.2) is 55.1 Å². The SMILES string of the molecule is CCCCS(=O)(=O)N(CCNC(C)=O)CCC(=O)O. The van der Waals surface area contributed by atoms with Crippen molar-refractivity contribution in [1.82, 2.24) is 9.62 Å². The molecule has 0 heterocycles. The van der Waals surface area contributed by atoms with E-state index in [4.69, 9.17) is 5.11 Å². The van der Waals surface area contributed by atoms with Crippen LogP contribution < -0.4 is 5.32 Å². The number of amides is 1. The number of carboxylic acid groups (broad SMARTS) is 1. The zero-order valence-electron chi connectivity index (χ0n) is 11.4. The normalized spacial score (nSPS) is 11.5.